The van der Waals surface area contributed by atoms with Crippen molar-refractivity contribution < 1.29 is 0 Å². The van der Waals surface area contributed by atoms with E-state index in [-0.39, 0.29) is 5.54 Å². The molecule has 1 aliphatic carbocycles. The highest BCUT2D eigenvalue weighted by Gasteiger charge is 2.37. The van der Waals surface area contributed by atoms with Crippen LogP contribution in [0.1, 0.15) is 46.0 Å². The minimum absolute atomic E-state index is 0.285. The SMILES string of the molecule is CCNC1(C#N)CCCC(N(CC)CCCN(C)C)C1. The number of nitrogens with zero attached hydrogens (tertiary/aromatic N) is 3. The summed E-state index contributed by atoms with van der Waals surface area (Å²) in [7, 11) is 4.26. The van der Waals surface area contributed by atoms with Gasteiger partial charge in [-0.05, 0) is 72.4 Å². The average molecular weight is 280 g/mol. The minimum Gasteiger partial charge on any atom is -0.309 e. The summed E-state index contributed by atoms with van der Waals surface area (Å²) in [4.78, 5) is 4.82. The van der Waals surface area contributed by atoms with E-state index in [0.29, 0.717) is 6.04 Å². The normalized spacial score (nSPS) is 26.9. The van der Waals surface area contributed by atoms with E-state index in [1.54, 1.807) is 0 Å². The minimum atomic E-state index is -0.285. The van der Waals surface area contributed by atoms with Crippen molar-refractivity contribution in [2.24, 2.45) is 0 Å². The number of rotatable bonds is 8. The van der Waals surface area contributed by atoms with Gasteiger partial charge in [-0.2, -0.15) is 5.26 Å². The fraction of sp³-hybridized carbons (Fsp3) is 0.938. The predicted molar refractivity (Wildman–Crippen MR) is 84.7 cm³/mol. The summed E-state index contributed by atoms with van der Waals surface area (Å²) >= 11 is 0. The van der Waals surface area contributed by atoms with Crippen molar-refractivity contribution in [3.8, 4) is 6.07 Å². The number of hydrogen-bond acceptors (Lipinski definition) is 4. The van der Waals surface area contributed by atoms with Gasteiger partial charge in [0.05, 0.1) is 6.07 Å². The van der Waals surface area contributed by atoms with Crippen LogP contribution in [0.4, 0.5) is 0 Å². The highest BCUT2D eigenvalue weighted by Crippen LogP contribution is 2.31. The van der Waals surface area contributed by atoms with E-state index < -0.39 is 0 Å². The van der Waals surface area contributed by atoms with Gasteiger partial charge in [0, 0.05) is 6.04 Å². The fourth-order valence-corrected chi connectivity index (χ4v) is 3.39. The molecule has 0 heterocycles. The van der Waals surface area contributed by atoms with Crippen molar-refractivity contribution in [1.29, 1.82) is 5.26 Å². The molecular weight excluding hydrogens is 248 g/mol. The monoisotopic (exact) mass is 280 g/mol. The molecule has 0 aliphatic heterocycles. The van der Waals surface area contributed by atoms with Crippen molar-refractivity contribution in [2.45, 2.75) is 57.5 Å². The number of nitrogens with one attached hydrogen (secondary N) is 1. The van der Waals surface area contributed by atoms with E-state index >= 15 is 0 Å². The van der Waals surface area contributed by atoms with Gasteiger partial charge < -0.3 is 9.80 Å². The van der Waals surface area contributed by atoms with Gasteiger partial charge in [-0.25, -0.2) is 0 Å². The Balaban J connectivity index is 2.56. The molecule has 2 atom stereocenters. The molecule has 1 N–H and O–H groups in total. The Morgan fingerprint density at radius 3 is 2.60 bits per heavy atom. The molecule has 20 heavy (non-hydrogen) atoms. The maximum absolute atomic E-state index is 9.56. The Morgan fingerprint density at radius 1 is 1.30 bits per heavy atom. The smallest absolute Gasteiger partial charge is 0.108 e. The molecule has 0 saturated heterocycles. The third kappa shape index (κ3) is 5.05. The molecule has 1 rings (SSSR count). The van der Waals surface area contributed by atoms with Crippen LogP contribution in [-0.4, -0.2) is 61.7 Å². The number of nitriles is 1. The van der Waals surface area contributed by atoms with E-state index in [9.17, 15) is 5.26 Å². The van der Waals surface area contributed by atoms with Crippen molar-refractivity contribution in [3.05, 3.63) is 0 Å². The van der Waals surface area contributed by atoms with Gasteiger partial charge in [-0.3, -0.25) is 5.32 Å². The largest absolute Gasteiger partial charge is 0.309 e. The van der Waals surface area contributed by atoms with Gasteiger partial charge in [0.25, 0.3) is 0 Å². The zero-order chi connectivity index (χ0) is 15.0. The second kappa shape index (κ2) is 8.61. The Bertz CT molecular complexity index is 306. The van der Waals surface area contributed by atoms with E-state index in [4.69, 9.17) is 0 Å². The highest BCUT2D eigenvalue weighted by atomic mass is 15.2. The molecule has 4 heteroatoms. The van der Waals surface area contributed by atoms with Gasteiger partial charge >= 0.3 is 0 Å². The molecule has 0 aromatic carbocycles. The van der Waals surface area contributed by atoms with Crippen LogP contribution < -0.4 is 5.32 Å². The zero-order valence-electron chi connectivity index (χ0n) is 13.8. The van der Waals surface area contributed by atoms with E-state index in [1.807, 2.05) is 0 Å². The first-order valence-corrected chi connectivity index (χ1v) is 8.12. The maximum atomic E-state index is 9.56. The first-order chi connectivity index (χ1) is 9.56. The van der Waals surface area contributed by atoms with Crippen LogP contribution in [0.3, 0.4) is 0 Å². The third-order valence-electron chi connectivity index (χ3n) is 4.43. The zero-order valence-corrected chi connectivity index (χ0v) is 13.8. The fourth-order valence-electron chi connectivity index (χ4n) is 3.39. The van der Waals surface area contributed by atoms with Crippen LogP contribution in [0, 0.1) is 11.3 Å². The summed E-state index contributed by atoms with van der Waals surface area (Å²) in [6.45, 7) is 8.59. The second-order valence-electron chi connectivity index (χ2n) is 6.26. The van der Waals surface area contributed by atoms with Crippen LogP contribution in [0.15, 0.2) is 0 Å². The Kier molecular flexibility index (Phi) is 7.50. The van der Waals surface area contributed by atoms with E-state index in [0.717, 1.165) is 45.4 Å². The van der Waals surface area contributed by atoms with Crippen molar-refractivity contribution >= 4 is 0 Å². The Morgan fingerprint density at radius 2 is 2.05 bits per heavy atom. The average Bonchev–Trinajstić information content (AvgIpc) is 2.44. The molecule has 0 aromatic heterocycles. The molecule has 1 saturated carbocycles. The van der Waals surface area contributed by atoms with Crippen molar-refractivity contribution in [2.75, 3.05) is 40.3 Å². The van der Waals surface area contributed by atoms with Gasteiger partial charge in [0.1, 0.15) is 5.54 Å². The first kappa shape index (κ1) is 17.4. The molecule has 0 spiro atoms. The molecule has 0 aromatic rings. The molecular formula is C16H32N4. The summed E-state index contributed by atoms with van der Waals surface area (Å²) in [5, 5.41) is 13.0. The molecule has 4 nitrogen and oxygen atoms in total. The van der Waals surface area contributed by atoms with Gasteiger partial charge in [-0.15, -0.1) is 0 Å². The predicted octanol–water partition coefficient (Wildman–Crippen LogP) is 2.07. The van der Waals surface area contributed by atoms with Crippen LogP contribution in [0.25, 0.3) is 0 Å². The molecule has 0 bridgehead atoms. The topological polar surface area (TPSA) is 42.3 Å². The van der Waals surface area contributed by atoms with Crippen LogP contribution >= 0.6 is 0 Å². The van der Waals surface area contributed by atoms with Gasteiger partial charge in [-0.1, -0.05) is 13.8 Å². The molecule has 1 aliphatic rings. The lowest BCUT2D eigenvalue weighted by atomic mass is 9.79. The Hall–Kier alpha value is -0.630. The standard InChI is InChI=1S/C16H32N4/c1-5-18-16(14-17)10-7-9-15(13-16)20(6-2)12-8-11-19(3)4/h15,18H,5-13H2,1-4H3. The summed E-state index contributed by atoms with van der Waals surface area (Å²) in [5.41, 5.74) is -0.285. The van der Waals surface area contributed by atoms with Crippen LogP contribution in [0.5, 0.6) is 0 Å². The number of hydrogen-bond donors (Lipinski definition) is 1. The molecule has 116 valence electrons. The van der Waals surface area contributed by atoms with Crippen LogP contribution in [0.2, 0.25) is 0 Å². The second-order valence-corrected chi connectivity index (χ2v) is 6.26. The van der Waals surface area contributed by atoms with Gasteiger partial charge in [0.2, 0.25) is 0 Å². The molecule has 1 fully saturated rings. The molecule has 0 radical (unpaired) electrons. The van der Waals surface area contributed by atoms with Crippen molar-refractivity contribution in [3.63, 3.8) is 0 Å². The summed E-state index contributed by atoms with van der Waals surface area (Å²) in [5.74, 6) is 0. The quantitative estimate of drug-likeness (QED) is 0.739. The summed E-state index contributed by atoms with van der Waals surface area (Å²) in [6.07, 6.45) is 5.59. The highest BCUT2D eigenvalue weighted by molar-refractivity contribution is 5.11. The summed E-state index contributed by atoms with van der Waals surface area (Å²) < 4.78 is 0. The Labute approximate surface area is 125 Å². The first-order valence-electron chi connectivity index (χ1n) is 8.12. The lowest BCUT2D eigenvalue weighted by Crippen LogP contribution is -2.53. The van der Waals surface area contributed by atoms with Crippen molar-refractivity contribution in [1.82, 2.24) is 15.1 Å². The van der Waals surface area contributed by atoms with Gasteiger partial charge in [0.15, 0.2) is 0 Å². The summed E-state index contributed by atoms with van der Waals surface area (Å²) in [6, 6.07) is 3.12. The maximum Gasteiger partial charge on any atom is 0.108 e. The lowest BCUT2D eigenvalue weighted by molar-refractivity contribution is 0.122. The lowest BCUT2D eigenvalue weighted by Gasteiger charge is -2.41. The van der Waals surface area contributed by atoms with Crippen LogP contribution in [-0.2, 0) is 0 Å². The van der Waals surface area contributed by atoms with E-state index in [1.165, 1.54) is 12.8 Å². The molecule has 2 unspecified atom stereocenters. The third-order valence-corrected chi connectivity index (χ3v) is 4.43. The van der Waals surface area contributed by atoms with E-state index in [2.05, 4.69) is 49.1 Å². The molecule has 0 amide bonds.